The van der Waals surface area contributed by atoms with Gasteiger partial charge in [-0.3, -0.25) is 9.36 Å². The number of allylic oxidation sites excluding steroid dienone is 2. The second-order valence-corrected chi connectivity index (χ2v) is 6.43. The molecule has 0 N–H and O–H groups in total. The molecule has 0 saturated carbocycles. The van der Waals surface area contributed by atoms with Gasteiger partial charge in [0.1, 0.15) is 16.2 Å². The van der Waals surface area contributed by atoms with E-state index in [0.29, 0.717) is 6.54 Å². The molecule has 2 aromatic rings. The Kier molecular flexibility index (Phi) is 4.30. The molecule has 1 aliphatic heterocycles. The van der Waals surface area contributed by atoms with Gasteiger partial charge in [0.05, 0.1) is 5.70 Å². The van der Waals surface area contributed by atoms with E-state index in [0.717, 1.165) is 20.6 Å². The van der Waals surface area contributed by atoms with Crippen LogP contribution in [-0.2, 0) is 13.6 Å². The molecule has 2 aromatic heterocycles. The molecular formula is C18H20N3OS+. The summed E-state index contributed by atoms with van der Waals surface area (Å²) < 4.78 is 5.63. The molecule has 1 aliphatic rings. The van der Waals surface area contributed by atoms with Gasteiger partial charge in [0.2, 0.25) is 5.69 Å². The van der Waals surface area contributed by atoms with Gasteiger partial charge in [0, 0.05) is 38.0 Å². The Morgan fingerprint density at radius 2 is 2.13 bits per heavy atom. The molecule has 0 spiro atoms. The first-order valence-corrected chi connectivity index (χ1v) is 8.41. The van der Waals surface area contributed by atoms with Crippen molar-refractivity contribution < 1.29 is 4.57 Å². The van der Waals surface area contributed by atoms with Gasteiger partial charge in [0.25, 0.3) is 5.56 Å². The highest BCUT2D eigenvalue weighted by Crippen LogP contribution is 2.08. The fourth-order valence-corrected chi connectivity index (χ4v) is 3.79. The van der Waals surface area contributed by atoms with Crippen LogP contribution in [0.5, 0.6) is 0 Å². The lowest BCUT2D eigenvalue weighted by atomic mass is 10.3. The molecule has 0 bridgehead atoms. The lowest BCUT2D eigenvalue weighted by molar-refractivity contribution is -0.673. The Hall–Kier alpha value is -2.40. The van der Waals surface area contributed by atoms with E-state index in [9.17, 15) is 4.79 Å². The number of rotatable bonds is 2. The van der Waals surface area contributed by atoms with E-state index in [2.05, 4.69) is 6.08 Å². The number of thiazole rings is 1. The number of hydrogen-bond donors (Lipinski definition) is 0. The first-order valence-electron chi connectivity index (χ1n) is 7.60. The Balaban J connectivity index is 2.29. The molecule has 0 saturated heterocycles. The van der Waals surface area contributed by atoms with Gasteiger partial charge in [0.15, 0.2) is 6.20 Å². The van der Waals surface area contributed by atoms with Gasteiger partial charge in [-0.05, 0) is 25.1 Å². The van der Waals surface area contributed by atoms with Crippen LogP contribution in [0, 0.1) is 0 Å². The van der Waals surface area contributed by atoms with Crippen molar-refractivity contribution in [1.29, 1.82) is 0 Å². The van der Waals surface area contributed by atoms with Crippen molar-refractivity contribution in [2.45, 2.75) is 13.5 Å². The number of aryl methyl sites for hydroxylation is 1. The third-order valence-electron chi connectivity index (χ3n) is 3.88. The third-order valence-corrected chi connectivity index (χ3v) is 5.02. The van der Waals surface area contributed by atoms with Gasteiger partial charge in [-0.1, -0.05) is 6.08 Å². The van der Waals surface area contributed by atoms with Gasteiger partial charge >= 0.3 is 0 Å². The maximum atomic E-state index is 12.8. The molecule has 0 amide bonds. The van der Waals surface area contributed by atoms with Crippen molar-refractivity contribution in [3.8, 4) is 0 Å². The average molecular weight is 326 g/mol. The van der Waals surface area contributed by atoms with E-state index >= 15 is 0 Å². The second-order valence-electron chi connectivity index (χ2n) is 5.40. The molecule has 118 valence electrons. The lowest BCUT2D eigenvalue weighted by Gasteiger charge is -2.16. The minimum absolute atomic E-state index is 0.0733. The first kappa shape index (κ1) is 15.5. The summed E-state index contributed by atoms with van der Waals surface area (Å²) in [6.45, 7) is 2.67. The molecule has 0 radical (unpaired) electrons. The van der Waals surface area contributed by atoms with Crippen LogP contribution < -0.4 is 19.3 Å². The van der Waals surface area contributed by atoms with Gasteiger partial charge in [-0.2, -0.15) is 0 Å². The highest BCUT2D eigenvalue weighted by atomic mass is 32.1. The second kappa shape index (κ2) is 6.38. The van der Waals surface area contributed by atoms with E-state index in [1.165, 1.54) is 0 Å². The molecule has 23 heavy (non-hydrogen) atoms. The van der Waals surface area contributed by atoms with Crippen molar-refractivity contribution in [2.75, 3.05) is 7.05 Å². The number of pyridine rings is 1. The highest BCUT2D eigenvalue weighted by molar-refractivity contribution is 7.07. The third kappa shape index (κ3) is 2.92. The molecule has 3 rings (SSSR count). The van der Waals surface area contributed by atoms with E-state index < -0.39 is 0 Å². The van der Waals surface area contributed by atoms with Crippen LogP contribution in [0.2, 0.25) is 0 Å². The maximum Gasteiger partial charge on any atom is 0.271 e. The summed E-state index contributed by atoms with van der Waals surface area (Å²) in [6.07, 6.45) is 12.0. The van der Waals surface area contributed by atoms with Crippen LogP contribution in [0.15, 0.2) is 53.6 Å². The van der Waals surface area contributed by atoms with Crippen LogP contribution >= 0.6 is 11.3 Å². The van der Waals surface area contributed by atoms with E-state index in [1.807, 2.05) is 83.9 Å². The minimum Gasteiger partial charge on any atom is -0.350 e. The zero-order chi connectivity index (χ0) is 16.4. The molecule has 0 aliphatic carbocycles. The summed E-state index contributed by atoms with van der Waals surface area (Å²) in [7, 11) is 3.97. The summed E-state index contributed by atoms with van der Waals surface area (Å²) in [5.74, 6) is 0. The van der Waals surface area contributed by atoms with Crippen molar-refractivity contribution in [2.24, 2.45) is 7.05 Å². The predicted molar refractivity (Wildman–Crippen MR) is 94.1 cm³/mol. The van der Waals surface area contributed by atoms with Crippen LogP contribution in [-0.4, -0.2) is 16.5 Å². The van der Waals surface area contributed by atoms with Crippen LogP contribution in [0.1, 0.15) is 12.6 Å². The van der Waals surface area contributed by atoms with Crippen molar-refractivity contribution in [3.63, 3.8) is 0 Å². The monoisotopic (exact) mass is 326 g/mol. The van der Waals surface area contributed by atoms with Gasteiger partial charge in [-0.25, -0.2) is 4.57 Å². The Morgan fingerprint density at radius 3 is 2.83 bits per heavy atom. The van der Waals surface area contributed by atoms with Gasteiger partial charge < -0.3 is 4.90 Å². The zero-order valence-electron chi connectivity index (χ0n) is 13.6. The summed E-state index contributed by atoms with van der Waals surface area (Å²) in [5, 5.41) is 0. The van der Waals surface area contributed by atoms with Crippen molar-refractivity contribution in [1.82, 2.24) is 9.47 Å². The number of hydrogen-bond acceptors (Lipinski definition) is 3. The molecule has 0 fully saturated rings. The molecule has 3 heterocycles. The zero-order valence-corrected chi connectivity index (χ0v) is 14.4. The Labute approximate surface area is 139 Å². The molecule has 0 aromatic carbocycles. The lowest BCUT2D eigenvalue weighted by Crippen LogP contribution is -2.35. The molecular weight excluding hydrogens is 306 g/mol. The Bertz CT molecular complexity index is 963. The quantitative estimate of drug-likeness (QED) is 0.761. The van der Waals surface area contributed by atoms with E-state index in [-0.39, 0.29) is 5.56 Å². The topological polar surface area (TPSA) is 29.1 Å². The summed E-state index contributed by atoms with van der Waals surface area (Å²) >= 11 is 1.54. The largest absolute Gasteiger partial charge is 0.350 e. The summed E-state index contributed by atoms with van der Waals surface area (Å²) in [4.78, 5) is 14.8. The normalized spacial score (nSPS) is 17.2. The first-order chi connectivity index (χ1) is 11.1. The van der Waals surface area contributed by atoms with Crippen LogP contribution in [0.3, 0.4) is 0 Å². The van der Waals surface area contributed by atoms with Gasteiger partial charge in [-0.15, -0.1) is 11.3 Å². The number of nitrogens with zero attached hydrogens (tertiary/aromatic N) is 3. The fourth-order valence-electron chi connectivity index (χ4n) is 2.57. The highest BCUT2D eigenvalue weighted by Gasteiger charge is 2.11. The summed E-state index contributed by atoms with van der Waals surface area (Å²) in [5.41, 5.74) is 2.09. The predicted octanol–water partition coefficient (Wildman–Crippen LogP) is 0.706. The molecule has 0 atom stereocenters. The Morgan fingerprint density at radius 1 is 1.30 bits per heavy atom. The standard InChI is InChI=1S/C18H20N3OS/c1-4-21-16(13-14-9-5-7-11-19(14)2)23-17(18(21)22)15-10-6-8-12-20(15)3/h5-13H,4H2,1-3H3/q+1/b17-15+. The maximum absolute atomic E-state index is 12.8. The SMILES string of the molecule is CCn1c(=O)/c(=C2/C=CC=CN2C)s/c1=C\c1cccc[n+]1C. The average Bonchev–Trinajstić information content (AvgIpc) is 2.86. The number of likely N-dealkylation sites (N-methyl/N-ethyl adjacent to an activating group) is 1. The molecule has 0 unspecified atom stereocenters. The summed E-state index contributed by atoms with van der Waals surface area (Å²) in [6, 6.07) is 6.05. The number of aromatic nitrogens is 2. The van der Waals surface area contributed by atoms with E-state index in [1.54, 1.807) is 11.3 Å². The van der Waals surface area contributed by atoms with E-state index in [4.69, 9.17) is 0 Å². The van der Waals surface area contributed by atoms with Crippen molar-refractivity contribution in [3.05, 3.63) is 74.1 Å². The minimum atomic E-state index is 0.0733. The van der Waals surface area contributed by atoms with Crippen LogP contribution in [0.4, 0.5) is 0 Å². The molecule has 5 heteroatoms. The molecule has 4 nitrogen and oxygen atoms in total. The van der Waals surface area contributed by atoms with Crippen molar-refractivity contribution >= 4 is 23.1 Å². The van der Waals surface area contributed by atoms with Crippen LogP contribution in [0.25, 0.3) is 11.8 Å². The fraction of sp³-hybridized carbons (Fsp3) is 0.222. The smallest absolute Gasteiger partial charge is 0.271 e.